The molecule has 32 heavy (non-hydrogen) atoms. The standard InChI is InChI=1S/C27H25NO3S/c1-27(2,21-6-4-3-5-7-21)22-12-14-24(15-13-22)31-17-19-8-10-20(11-9-19)26-28-23(18-32-26)16-25(29)30/h3-15,18H,16-17H2,1-2H3,(H,29,30)/p-1. The topological polar surface area (TPSA) is 62.2 Å². The summed E-state index contributed by atoms with van der Waals surface area (Å²) >= 11 is 1.43. The minimum atomic E-state index is -1.12. The Morgan fingerprint density at radius 3 is 2.25 bits per heavy atom. The van der Waals surface area contributed by atoms with Gasteiger partial charge in [0.05, 0.1) is 5.69 Å². The Hall–Kier alpha value is -3.44. The number of aromatic nitrogens is 1. The Morgan fingerprint density at radius 1 is 0.938 bits per heavy atom. The molecule has 0 aliphatic rings. The number of hydrogen-bond acceptors (Lipinski definition) is 5. The predicted molar refractivity (Wildman–Crippen MR) is 126 cm³/mol. The van der Waals surface area contributed by atoms with Crippen molar-refractivity contribution in [1.29, 1.82) is 0 Å². The summed E-state index contributed by atoms with van der Waals surface area (Å²) in [6.07, 6.45) is -0.163. The SMILES string of the molecule is CC(C)(c1ccccc1)c1ccc(OCc2ccc(-c3nc(CC(=O)[O-])cs3)cc2)cc1. The Labute approximate surface area is 192 Å². The van der Waals surface area contributed by atoms with Crippen LogP contribution in [0.3, 0.4) is 0 Å². The average molecular weight is 443 g/mol. The first-order valence-corrected chi connectivity index (χ1v) is 11.3. The van der Waals surface area contributed by atoms with Gasteiger partial charge in [0.2, 0.25) is 0 Å². The molecule has 0 saturated carbocycles. The number of carbonyl (C=O) groups is 1. The van der Waals surface area contributed by atoms with Gasteiger partial charge in [-0.1, -0.05) is 80.6 Å². The second-order valence-corrected chi connectivity index (χ2v) is 9.05. The summed E-state index contributed by atoms with van der Waals surface area (Å²) in [5.41, 5.74) is 4.97. The monoisotopic (exact) mass is 442 g/mol. The zero-order valence-corrected chi connectivity index (χ0v) is 18.9. The van der Waals surface area contributed by atoms with Crippen LogP contribution in [0, 0.1) is 0 Å². The minimum absolute atomic E-state index is 0.0771. The van der Waals surface area contributed by atoms with Crippen molar-refractivity contribution in [3.8, 4) is 16.3 Å². The van der Waals surface area contributed by atoms with Gasteiger partial charge in [0.1, 0.15) is 17.4 Å². The fourth-order valence-corrected chi connectivity index (χ4v) is 4.39. The molecular weight excluding hydrogens is 418 g/mol. The molecule has 1 heterocycles. The number of benzene rings is 3. The van der Waals surface area contributed by atoms with Gasteiger partial charge in [-0.25, -0.2) is 4.98 Å². The van der Waals surface area contributed by atoms with Crippen LogP contribution in [0.25, 0.3) is 10.6 Å². The highest BCUT2D eigenvalue weighted by Crippen LogP contribution is 2.32. The molecule has 4 nitrogen and oxygen atoms in total. The lowest BCUT2D eigenvalue weighted by Crippen LogP contribution is -2.24. The van der Waals surface area contributed by atoms with Gasteiger partial charge in [-0.05, 0) is 28.8 Å². The van der Waals surface area contributed by atoms with Crippen LogP contribution in [0.15, 0.2) is 84.2 Å². The molecule has 0 aliphatic carbocycles. The third-order valence-corrected chi connectivity index (χ3v) is 6.50. The highest BCUT2D eigenvalue weighted by atomic mass is 32.1. The Bertz CT molecular complexity index is 1180. The molecule has 0 aliphatic heterocycles. The Morgan fingerprint density at radius 2 is 1.59 bits per heavy atom. The summed E-state index contributed by atoms with van der Waals surface area (Å²) < 4.78 is 5.97. The molecule has 0 fully saturated rings. The second-order valence-electron chi connectivity index (χ2n) is 8.19. The van der Waals surface area contributed by atoms with Crippen molar-refractivity contribution >= 4 is 17.3 Å². The van der Waals surface area contributed by atoms with Gasteiger partial charge >= 0.3 is 0 Å². The van der Waals surface area contributed by atoms with Crippen LogP contribution in [-0.4, -0.2) is 11.0 Å². The van der Waals surface area contributed by atoms with Crippen LogP contribution >= 0.6 is 11.3 Å². The van der Waals surface area contributed by atoms with Crippen LogP contribution < -0.4 is 9.84 Å². The Balaban J connectivity index is 1.37. The van der Waals surface area contributed by atoms with Crippen molar-refractivity contribution < 1.29 is 14.6 Å². The lowest BCUT2D eigenvalue weighted by atomic mass is 9.78. The number of carboxylic acids is 1. The van der Waals surface area contributed by atoms with Crippen LogP contribution in [0.4, 0.5) is 0 Å². The van der Waals surface area contributed by atoms with Crippen LogP contribution in [0.2, 0.25) is 0 Å². The van der Waals surface area contributed by atoms with E-state index in [2.05, 4.69) is 55.2 Å². The third-order valence-electron chi connectivity index (χ3n) is 5.56. The molecule has 0 unspecified atom stereocenters. The highest BCUT2D eigenvalue weighted by molar-refractivity contribution is 7.13. The van der Waals surface area contributed by atoms with Gasteiger partial charge in [0, 0.05) is 28.7 Å². The van der Waals surface area contributed by atoms with Crippen molar-refractivity contribution in [3.63, 3.8) is 0 Å². The van der Waals surface area contributed by atoms with E-state index in [-0.39, 0.29) is 11.8 Å². The molecule has 1 aromatic heterocycles. The summed E-state index contributed by atoms with van der Waals surface area (Å²) in [6.45, 7) is 4.92. The number of thiazole rings is 1. The molecule has 4 aromatic rings. The van der Waals surface area contributed by atoms with Crippen molar-refractivity contribution in [3.05, 3.63) is 107 Å². The van der Waals surface area contributed by atoms with Crippen molar-refractivity contribution in [2.24, 2.45) is 0 Å². The number of nitrogens with zero attached hydrogens (tertiary/aromatic N) is 1. The molecule has 0 atom stereocenters. The van der Waals surface area contributed by atoms with E-state index in [4.69, 9.17) is 4.74 Å². The molecule has 0 radical (unpaired) electrons. The fourth-order valence-electron chi connectivity index (χ4n) is 3.57. The first kappa shape index (κ1) is 21.8. The van der Waals surface area contributed by atoms with E-state index in [0.717, 1.165) is 21.9 Å². The zero-order valence-electron chi connectivity index (χ0n) is 18.1. The number of hydrogen-bond donors (Lipinski definition) is 0. The zero-order chi connectivity index (χ0) is 22.6. The fraction of sp³-hybridized carbons (Fsp3) is 0.185. The van der Waals surface area contributed by atoms with E-state index in [9.17, 15) is 9.90 Å². The largest absolute Gasteiger partial charge is 0.550 e. The highest BCUT2D eigenvalue weighted by Gasteiger charge is 2.22. The smallest absolute Gasteiger partial charge is 0.123 e. The molecule has 0 N–H and O–H groups in total. The second kappa shape index (κ2) is 9.37. The van der Waals surface area contributed by atoms with Crippen molar-refractivity contribution in [2.45, 2.75) is 32.3 Å². The quantitative estimate of drug-likeness (QED) is 0.385. The van der Waals surface area contributed by atoms with Gasteiger partial charge < -0.3 is 14.6 Å². The van der Waals surface area contributed by atoms with E-state index in [1.807, 2.05) is 42.5 Å². The maximum absolute atomic E-state index is 10.7. The molecule has 5 heteroatoms. The lowest BCUT2D eigenvalue weighted by molar-refractivity contribution is -0.304. The summed E-state index contributed by atoms with van der Waals surface area (Å²) in [6, 6.07) is 26.7. The molecule has 4 rings (SSSR count). The molecule has 0 saturated heterocycles. The van der Waals surface area contributed by atoms with E-state index in [1.165, 1.54) is 22.5 Å². The number of rotatable bonds is 8. The van der Waals surface area contributed by atoms with E-state index < -0.39 is 5.97 Å². The molecular formula is C27H24NO3S-. The van der Waals surface area contributed by atoms with Crippen molar-refractivity contribution in [1.82, 2.24) is 4.98 Å². The van der Waals surface area contributed by atoms with E-state index in [1.54, 1.807) is 5.38 Å². The number of aliphatic carboxylic acids is 1. The summed E-state index contributed by atoms with van der Waals surface area (Å²) in [7, 11) is 0. The van der Waals surface area contributed by atoms with Crippen molar-refractivity contribution in [2.75, 3.05) is 0 Å². The van der Waals surface area contributed by atoms with Crippen LogP contribution in [-0.2, 0) is 23.2 Å². The molecule has 0 amide bonds. The molecule has 0 spiro atoms. The van der Waals surface area contributed by atoms with Gasteiger partial charge in [-0.15, -0.1) is 11.3 Å². The maximum atomic E-state index is 10.7. The first-order valence-electron chi connectivity index (χ1n) is 10.4. The third kappa shape index (κ3) is 5.06. The maximum Gasteiger partial charge on any atom is 0.123 e. The van der Waals surface area contributed by atoms with Gasteiger partial charge in [-0.2, -0.15) is 0 Å². The van der Waals surface area contributed by atoms with E-state index >= 15 is 0 Å². The number of carboxylic acid groups (broad SMARTS) is 1. The van der Waals surface area contributed by atoms with Crippen LogP contribution in [0.1, 0.15) is 36.2 Å². The summed E-state index contributed by atoms with van der Waals surface area (Å²) in [5, 5.41) is 13.3. The first-order chi connectivity index (χ1) is 15.4. The Kier molecular flexibility index (Phi) is 6.37. The minimum Gasteiger partial charge on any atom is -0.550 e. The molecule has 162 valence electrons. The predicted octanol–water partition coefficient (Wildman–Crippen LogP) is 5.01. The van der Waals surface area contributed by atoms with Gasteiger partial charge in [0.25, 0.3) is 0 Å². The molecule has 3 aromatic carbocycles. The van der Waals surface area contributed by atoms with E-state index in [0.29, 0.717) is 12.3 Å². The number of ether oxygens (including phenoxy) is 1. The normalized spacial score (nSPS) is 11.3. The van der Waals surface area contributed by atoms with Crippen LogP contribution in [0.5, 0.6) is 5.75 Å². The number of carbonyl (C=O) groups excluding carboxylic acids is 1. The lowest BCUT2D eigenvalue weighted by Gasteiger charge is -2.26. The average Bonchev–Trinajstić information content (AvgIpc) is 3.26. The van der Waals surface area contributed by atoms with Gasteiger partial charge in [0.15, 0.2) is 0 Å². The molecule has 0 bridgehead atoms. The summed E-state index contributed by atoms with van der Waals surface area (Å²) in [5.74, 6) is -0.292. The summed E-state index contributed by atoms with van der Waals surface area (Å²) in [4.78, 5) is 15.1. The van der Waals surface area contributed by atoms with Gasteiger partial charge in [-0.3, -0.25) is 0 Å².